The van der Waals surface area contributed by atoms with Crippen LogP contribution in [0, 0.1) is 11.3 Å². The summed E-state index contributed by atoms with van der Waals surface area (Å²) in [6, 6.07) is 1.57. The van der Waals surface area contributed by atoms with E-state index in [0.717, 1.165) is 11.0 Å². The Morgan fingerprint density at radius 2 is 1.59 bits per heavy atom. The Morgan fingerprint density at radius 1 is 1.05 bits per heavy atom. The maximum atomic E-state index is 14.4. The van der Waals surface area contributed by atoms with Gasteiger partial charge in [-0.1, -0.05) is 0 Å². The van der Waals surface area contributed by atoms with Crippen LogP contribution < -0.4 is 16.4 Å². The van der Waals surface area contributed by atoms with Crippen molar-refractivity contribution in [1.29, 1.82) is 5.41 Å². The van der Waals surface area contributed by atoms with Gasteiger partial charge in [0.25, 0.3) is 5.92 Å². The van der Waals surface area contributed by atoms with Crippen LogP contribution in [0.3, 0.4) is 0 Å². The lowest BCUT2D eigenvalue weighted by atomic mass is 9.90. The fourth-order valence-electron chi connectivity index (χ4n) is 5.11. The van der Waals surface area contributed by atoms with Crippen molar-refractivity contribution in [2.45, 2.75) is 83.0 Å². The number of ether oxygens (including phenoxy) is 1. The number of halogens is 8. The third kappa shape index (κ3) is 7.87. The quantitative estimate of drug-likeness (QED) is 0.182. The number of hydrogen-bond donors (Lipinski definition) is 3. The van der Waals surface area contributed by atoms with Crippen molar-refractivity contribution in [3.8, 4) is 0 Å². The lowest BCUT2D eigenvalue weighted by Gasteiger charge is -2.44. The molecular formula is C28H34F8N6O2. The molecule has 1 aliphatic heterocycles. The van der Waals surface area contributed by atoms with Crippen LogP contribution in [0.15, 0.2) is 30.3 Å². The van der Waals surface area contributed by atoms with Crippen LogP contribution in [0.5, 0.6) is 0 Å². The summed E-state index contributed by atoms with van der Waals surface area (Å²) in [5, 5.41) is 8.20. The third-order valence-electron chi connectivity index (χ3n) is 7.11. The molecule has 2 heterocycles. The molecule has 16 heteroatoms. The molecule has 2 aliphatic rings. The Bertz CT molecular complexity index is 1320. The molecule has 1 aliphatic carbocycles. The number of carbonyl (C=O) groups is 1. The van der Waals surface area contributed by atoms with Gasteiger partial charge in [0.05, 0.1) is 34.7 Å². The molecular weight excluding hydrogens is 604 g/mol. The van der Waals surface area contributed by atoms with Crippen LogP contribution in [0.1, 0.15) is 74.2 Å². The van der Waals surface area contributed by atoms with E-state index in [1.54, 1.807) is 13.8 Å². The molecule has 1 fully saturated rings. The Hall–Kier alpha value is -3.69. The number of nitrogens with zero attached hydrogens (tertiary/aromatic N) is 3. The lowest BCUT2D eigenvalue weighted by molar-refractivity contribution is -0.143. The first-order valence-electron chi connectivity index (χ1n) is 13.6. The molecule has 244 valence electrons. The fourth-order valence-corrected chi connectivity index (χ4v) is 5.11. The number of amides is 1. The summed E-state index contributed by atoms with van der Waals surface area (Å²) in [6.45, 7) is 3.15. The van der Waals surface area contributed by atoms with E-state index >= 15 is 0 Å². The Morgan fingerprint density at radius 3 is 2.02 bits per heavy atom. The van der Waals surface area contributed by atoms with E-state index < -0.39 is 77.4 Å². The zero-order valence-corrected chi connectivity index (χ0v) is 24.4. The predicted molar refractivity (Wildman–Crippen MR) is 146 cm³/mol. The average molecular weight is 639 g/mol. The van der Waals surface area contributed by atoms with Crippen molar-refractivity contribution in [3.05, 3.63) is 58.4 Å². The van der Waals surface area contributed by atoms with Gasteiger partial charge in [0.2, 0.25) is 0 Å². The average Bonchev–Trinajstić information content (AvgIpc) is 3.75. The van der Waals surface area contributed by atoms with E-state index in [0.29, 0.717) is 31.9 Å². The molecule has 2 aromatic rings. The molecule has 1 aromatic heterocycles. The number of aromatic nitrogens is 1. The number of nitrogens with one attached hydrogen (secondary N) is 1. The molecule has 8 nitrogen and oxygen atoms in total. The summed E-state index contributed by atoms with van der Waals surface area (Å²) in [5.41, 5.74) is 6.02. The smallest absolute Gasteiger partial charge is 0.416 e. The van der Waals surface area contributed by atoms with Gasteiger partial charge in [-0.05, 0) is 82.0 Å². The first-order chi connectivity index (χ1) is 20.3. The predicted octanol–water partition coefficient (Wildman–Crippen LogP) is 6.78. The molecule has 2 unspecified atom stereocenters. The molecule has 1 amide bonds. The van der Waals surface area contributed by atoms with Crippen molar-refractivity contribution in [3.63, 3.8) is 0 Å². The minimum absolute atomic E-state index is 0.0178. The second-order valence-electron chi connectivity index (χ2n) is 10.9. The monoisotopic (exact) mass is 638 g/mol. The van der Waals surface area contributed by atoms with Crippen LogP contribution >= 0.6 is 0 Å². The Balaban J connectivity index is 0.00000259. The number of hydrogen-bond acceptors (Lipinski definition) is 5. The van der Waals surface area contributed by atoms with Crippen molar-refractivity contribution in [1.82, 2.24) is 9.88 Å². The molecule has 0 spiro atoms. The fraction of sp³-hybridized carbons (Fsp3) is 0.536. The van der Waals surface area contributed by atoms with Gasteiger partial charge in [0, 0.05) is 19.5 Å². The highest BCUT2D eigenvalue weighted by Crippen LogP contribution is 2.49. The highest BCUT2D eigenvalue weighted by molar-refractivity contribution is 5.90. The summed E-state index contributed by atoms with van der Waals surface area (Å²) in [5.74, 6) is -4.22. The lowest BCUT2D eigenvalue weighted by Crippen LogP contribution is -2.51. The van der Waals surface area contributed by atoms with Crippen LogP contribution in [-0.4, -0.2) is 41.1 Å². The first kappa shape index (κ1) is 34.8. The van der Waals surface area contributed by atoms with Crippen molar-refractivity contribution in [2.24, 2.45) is 17.4 Å². The van der Waals surface area contributed by atoms with E-state index in [2.05, 4.69) is 10.7 Å². The van der Waals surface area contributed by atoms with E-state index in [1.807, 2.05) is 0 Å². The second kappa shape index (κ2) is 12.7. The van der Waals surface area contributed by atoms with Gasteiger partial charge in [-0.25, -0.2) is 9.78 Å². The minimum atomic E-state index is -5.11. The number of guanidine groups is 1. The SMILES string of the molecule is CC(C)OC(=O)N1c2ccc(C(C)(F)F)nc2C(N(Cc2cc(C(F)(F)F)cc(C(F)(F)F)c2)C(=N)N)CC1C1CC1.CN. The zero-order chi connectivity index (χ0) is 33.4. The standard InChI is InChI=1S/C27H29F8N5O2.CH5N/c1-13(2)42-24(41)40-18-6-7-21(25(3,28)29)38-22(18)20(11-19(40)15-4-5-15)39(23(36)37)12-14-8-16(26(30,31)32)10-17(9-14)27(33,34)35;1-2/h6-10,13,15,19-20H,4-5,11-12H2,1-3H3,(H3,36,37);2H2,1H3. The van der Waals surface area contributed by atoms with Gasteiger partial charge in [-0.15, -0.1) is 0 Å². The number of nitrogens with two attached hydrogens (primary N) is 2. The number of alkyl halides is 8. The molecule has 0 bridgehead atoms. The van der Waals surface area contributed by atoms with E-state index in [1.165, 1.54) is 18.0 Å². The summed E-state index contributed by atoms with van der Waals surface area (Å²) >= 11 is 0. The van der Waals surface area contributed by atoms with Crippen LogP contribution in [0.2, 0.25) is 0 Å². The van der Waals surface area contributed by atoms with E-state index in [4.69, 9.17) is 15.9 Å². The van der Waals surface area contributed by atoms with Gasteiger partial charge in [0.1, 0.15) is 5.69 Å². The molecule has 1 saturated carbocycles. The van der Waals surface area contributed by atoms with Crippen LogP contribution in [-0.2, 0) is 29.6 Å². The van der Waals surface area contributed by atoms with Gasteiger partial charge in [0.15, 0.2) is 5.96 Å². The van der Waals surface area contributed by atoms with Gasteiger partial charge in [-0.3, -0.25) is 10.3 Å². The third-order valence-corrected chi connectivity index (χ3v) is 7.11. The summed E-state index contributed by atoms with van der Waals surface area (Å²) in [7, 11) is 1.50. The highest BCUT2D eigenvalue weighted by Gasteiger charge is 2.48. The topological polar surface area (TPSA) is 122 Å². The molecule has 2 atom stereocenters. The number of rotatable bonds is 6. The normalized spacial score (nSPS) is 18.7. The zero-order valence-electron chi connectivity index (χ0n) is 24.4. The Labute approximate surface area is 248 Å². The van der Waals surface area contributed by atoms with Crippen LogP contribution in [0.4, 0.5) is 45.6 Å². The van der Waals surface area contributed by atoms with Crippen LogP contribution in [0.25, 0.3) is 0 Å². The first-order valence-corrected chi connectivity index (χ1v) is 13.6. The summed E-state index contributed by atoms with van der Waals surface area (Å²) in [6.07, 6.45) is -10.1. The van der Waals surface area contributed by atoms with E-state index in [9.17, 15) is 39.9 Å². The molecule has 0 saturated heterocycles. The number of fused-ring (bicyclic) bond motifs is 1. The van der Waals surface area contributed by atoms with Crippen molar-refractivity contribution >= 4 is 17.7 Å². The highest BCUT2D eigenvalue weighted by atomic mass is 19.4. The number of anilines is 1. The number of pyridine rings is 1. The van der Waals surface area contributed by atoms with E-state index in [-0.39, 0.29) is 29.8 Å². The minimum Gasteiger partial charge on any atom is -0.446 e. The molecule has 4 rings (SSSR count). The summed E-state index contributed by atoms with van der Waals surface area (Å²) < 4.78 is 115. The second-order valence-corrected chi connectivity index (χ2v) is 10.9. The Kier molecular flexibility index (Phi) is 10.1. The molecule has 5 N–H and O–H groups in total. The van der Waals surface area contributed by atoms with Gasteiger partial charge < -0.3 is 21.1 Å². The maximum absolute atomic E-state index is 14.4. The number of carbonyl (C=O) groups excluding carboxylic acids is 1. The van der Waals surface area contributed by atoms with Crippen molar-refractivity contribution in [2.75, 3.05) is 11.9 Å². The number of benzene rings is 1. The molecule has 0 radical (unpaired) electrons. The summed E-state index contributed by atoms with van der Waals surface area (Å²) in [4.78, 5) is 19.6. The van der Waals surface area contributed by atoms with Gasteiger partial charge >= 0.3 is 18.4 Å². The largest absolute Gasteiger partial charge is 0.446 e. The molecule has 44 heavy (non-hydrogen) atoms. The van der Waals surface area contributed by atoms with Crippen molar-refractivity contribution < 1.29 is 44.7 Å². The van der Waals surface area contributed by atoms with Gasteiger partial charge in [-0.2, -0.15) is 35.1 Å². The molecule has 1 aromatic carbocycles. The maximum Gasteiger partial charge on any atom is 0.416 e.